The molecule has 1 aliphatic heterocycles. The average molecular weight is 368 g/mol. The van der Waals surface area contributed by atoms with Crippen molar-refractivity contribution in [1.82, 2.24) is 10.6 Å². The molecule has 0 radical (unpaired) electrons. The van der Waals surface area contributed by atoms with Crippen LogP contribution in [-0.4, -0.2) is 19.2 Å². The first kappa shape index (κ1) is 19.1. The molecular formula is C22H28N2O3. The molecule has 0 fully saturated rings. The van der Waals surface area contributed by atoms with Crippen molar-refractivity contribution in [3.63, 3.8) is 0 Å². The molecule has 2 aromatic rings. The molecule has 2 amide bonds. The van der Waals surface area contributed by atoms with Gasteiger partial charge in [-0.1, -0.05) is 50.2 Å². The van der Waals surface area contributed by atoms with Crippen LogP contribution in [0.3, 0.4) is 0 Å². The fourth-order valence-electron chi connectivity index (χ4n) is 3.21. The predicted octanol–water partition coefficient (Wildman–Crippen LogP) is 4.61. The van der Waals surface area contributed by atoms with Crippen molar-refractivity contribution in [2.75, 3.05) is 13.2 Å². The summed E-state index contributed by atoms with van der Waals surface area (Å²) in [5.74, 6) is 1.74. The SMILES string of the molecule is CC(NC(=O)NC(c1ccc2c(c1)OCCCO2)C(C)C)c1ccccc1. The van der Waals surface area contributed by atoms with Crippen LogP contribution < -0.4 is 20.1 Å². The van der Waals surface area contributed by atoms with Gasteiger partial charge >= 0.3 is 6.03 Å². The number of fused-ring (bicyclic) bond motifs is 1. The summed E-state index contributed by atoms with van der Waals surface area (Å²) in [6.07, 6.45) is 0.871. The first-order valence-electron chi connectivity index (χ1n) is 9.56. The molecule has 0 bridgehead atoms. The van der Waals surface area contributed by atoms with Crippen LogP contribution in [0, 0.1) is 5.92 Å². The van der Waals surface area contributed by atoms with Crippen LogP contribution in [0.4, 0.5) is 4.79 Å². The minimum Gasteiger partial charge on any atom is -0.490 e. The quantitative estimate of drug-likeness (QED) is 0.810. The summed E-state index contributed by atoms with van der Waals surface area (Å²) in [6, 6.07) is 15.5. The van der Waals surface area contributed by atoms with E-state index in [0.717, 1.165) is 29.0 Å². The lowest BCUT2D eigenvalue weighted by molar-refractivity contribution is 0.230. The van der Waals surface area contributed by atoms with E-state index in [1.54, 1.807) is 0 Å². The number of ether oxygens (including phenoxy) is 2. The highest BCUT2D eigenvalue weighted by Crippen LogP contribution is 2.34. The van der Waals surface area contributed by atoms with E-state index >= 15 is 0 Å². The van der Waals surface area contributed by atoms with E-state index in [9.17, 15) is 4.79 Å². The maximum Gasteiger partial charge on any atom is 0.315 e. The third kappa shape index (κ3) is 4.94. The second-order valence-electron chi connectivity index (χ2n) is 7.23. The zero-order valence-electron chi connectivity index (χ0n) is 16.2. The third-order valence-corrected chi connectivity index (χ3v) is 4.73. The Balaban J connectivity index is 1.70. The molecule has 0 aliphatic carbocycles. The van der Waals surface area contributed by atoms with Crippen LogP contribution in [-0.2, 0) is 0 Å². The Bertz CT molecular complexity index is 761. The van der Waals surface area contributed by atoms with Crippen molar-refractivity contribution in [3.05, 3.63) is 59.7 Å². The number of urea groups is 1. The zero-order valence-corrected chi connectivity index (χ0v) is 16.2. The number of hydrogen-bond acceptors (Lipinski definition) is 3. The molecule has 0 spiro atoms. The molecule has 5 nitrogen and oxygen atoms in total. The van der Waals surface area contributed by atoms with Gasteiger partial charge in [-0.3, -0.25) is 0 Å². The lowest BCUT2D eigenvalue weighted by Crippen LogP contribution is -2.40. The molecule has 0 aromatic heterocycles. The van der Waals surface area contributed by atoms with Crippen molar-refractivity contribution in [2.45, 2.75) is 39.3 Å². The maximum absolute atomic E-state index is 12.6. The molecule has 27 heavy (non-hydrogen) atoms. The fourth-order valence-corrected chi connectivity index (χ4v) is 3.21. The number of amides is 2. The number of carbonyl (C=O) groups excluding carboxylic acids is 1. The average Bonchev–Trinajstić information content (AvgIpc) is 2.91. The second kappa shape index (κ2) is 8.80. The first-order chi connectivity index (χ1) is 13.0. The van der Waals surface area contributed by atoms with Crippen molar-refractivity contribution in [2.24, 2.45) is 5.92 Å². The lowest BCUT2D eigenvalue weighted by atomic mass is 9.95. The fraction of sp³-hybridized carbons (Fsp3) is 0.409. The topological polar surface area (TPSA) is 59.6 Å². The van der Waals surface area contributed by atoms with Crippen molar-refractivity contribution in [1.29, 1.82) is 0 Å². The normalized spacial score (nSPS) is 15.6. The summed E-state index contributed by atoms with van der Waals surface area (Å²) >= 11 is 0. The molecule has 2 N–H and O–H groups in total. The lowest BCUT2D eigenvalue weighted by Gasteiger charge is -2.25. The molecule has 144 valence electrons. The highest BCUT2D eigenvalue weighted by Gasteiger charge is 2.22. The van der Waals surface area contributed by atoms with Crippen molar-refractivity contribution >= 4 is 6.03 Å². The van der Waals surface area contributed by atoms with Gasteiger partial charge in [0.1, 0.15) is 0 Å². The molecule has 0 saturated carbocycles. The van der Waals surface area contributed by atoms with Gasteiger partial charge in [-0.25, -0.2) is 4.79 Å². The Kier molecular flexibility index (Phi) is 6.22. The van der Waals surface area contributed by atoms with E-state index in [0.29, 0.717) is 13.2 Å². The van der Waals surface area contributed by atoms with Gasteiger partial charge in [-0.2, -0.15) is 0 Å². The molecule has 0 saturated heterocycles. The Morgan fingerprint density at radius 2 is 1.59 bits per heavy atom. The van der Waals surface area contributed by atoms with Gasteiger partial charge < -0.3 is 20.1 Å². The largest absolute Gasteiger partial charge is 0.490 e. The highest BCUT2D eigenvalue weighted by molar-refractivity contribution is 5.75. The van der Waals surface area contributed by atoms with Crippen molar-refractivity contribution in [3.8, 4) is 11.5 Å². The van der Waals surface area contributed by atoms with Gasteiger partial charge in [0.2, 0.25) is 0 Å². The Morgan fingerprint density at radius 3 is 2.30 bits per heavy atom. The molecule has 2 aromatic carbocycles. The summed E-state index contributed by atoms with van der Waals surface area (Å²) < 4.78 is 11.5. The van der Waals surface area contributed by atoms with Crippen LogP contribution >= 0.6 is 0 Å². The summed E-state index contributed by atoms with van der Waals surface area (Å²) in [4.78, 5) is 12.6. The molecule has 1 heterocycles. The monoisotopic (exact) mass is 368 g/mol. The Labute approximate surface area is 161 Å². The molecule has 3 rings (SSSR count). The molecule has 2 unspecified atom stereocenters. The van der Waals surface area contributed by atoms with Crippen molar-refractivity contribution < 1.29 is 14.3 Å². The summed E-state index contributed by atoms with van der Waals surface area (Å²) in [6.45, 7) is 7.47. The smallest absolute Gasteiger partial charge is 0.315 e. The van der Waals surface area contributed by atoms with E-state index < -0.39 is 0 Å². The molecule has 5 heteroatoms. The highest BCUT2D eigenvalue weighted by atomic mass is 16.5. The van der Waals surface area contributed by atoms with Crippen LogP contribution in [0.1, 0.15) is 50.4 Å². The van der Waals surface area contributed by atoms with Gasteiger partial charge in [0.15, 0.2) is 11.5 Å². The van der Waals surface area contributed by atoms with Gasteiger partial charge in [-0.15, -0.1) is 0 Å². The van der Waals surface area contributed by atoms with Crippen LogP contribution in [0.5, 0.6) is 11.5 Å². The van der Waals surface area contributed by atoms with E-state index in [1.807, 2.05) is 55.5 Å². The van der Waals surface area contributed by atoms with Crippen LogP contribution in [0.2, 0.25) is 0 Å². The number of benzene rings is 2. The minimum atomic E-state index is -0.183. The standard InChI is InChI=1S/C22H28N2O3/c1-15(2)21(18-10-11-19-20(14-18)27-13-7-12-26-19)24-22(25)23-16(3)17-8-5-4-6-9-17/h4-6,8-11,14-16,21H,7,12-13H2,1-3H3,(H2,23,24,25). The third-order valence-electron chi connectivity index (χ3n) is 4.73. The van der Waals surface area contributed by atoms with E-state index in [2.05, 4.69) is 24.5 Å². The van der Waals surface area contributed by atoms with E-state index in [-0.39, 0.29) is 24.0 Å². The zero-order chi connectivity index (χ0) is 19.2. The first-order valence-corrected chi connectivity index (χ1v) is 9.56. The van der Waals surface area contributed by atoms with Crippen LogP contribution in [0.15, 0.2) is 48.5 Å². The summed E-state index contributed by atoms with van der Waals surface area (Å²) in [5, 5.41) is 6.13. The number of rotatable bonds is 5. The maximum atomic E-state index is 12.6. The van der Waals surface area contributed by atoms with Gasteiger partial charge in [-0.05, 0) is 36.1 Å². The molecule has 1 aliphatic rings. The molecule has 2 atom stereocenters. The summed E-state index contributed by atoms with van der Waals surface area (Å²) in [7, 11) is 0. The predicted molar refractivity (Wildman–Crippen MR) is 106 cm³/mol. The second-order valence-corrected chi connectivity index (χ2v) is 7.23. The van der Waals surface area contributed by atoms with Gasteiger partial charge in [0.05, 0.1) is 25.3 Å². The number of nitrogens with one attached hydrogen (secondary N) is 2. The van der Waals surface area contributed by atoms with E-state index in [1.165, 1.54) is 0 Å². The number of carbonyl (C=O) groups is 1. The minimum absolute atomic E-state index is 0.0669. The summed E-state index contributed by atoms with van der Waals surface area (Å²) in [5.41, 5.74) is 2.08. The van der Waals surface area contributed by atoms with Crippen LogP contribution in [0.25, 0.3) is 0 Å². The Morgan fingerprint density at radius 1 is 0.889 bits per heavy atom. The number of hydrogen-bond donors (Lipinski definition) is 2. The Hall–Kier alpha value is -2.69. The van der Waals surface area contributed by atoms with E-state index in [4.69, 9.17) is 9.47 Å². The molecular weight excluding hydrogens is 340 g/mol. The van der Waals surface area contributed by atoms with Gasteiger partial charge in [0, 0.05) is 6.42 Å². The van der Waals surface area contributed by atoms with Gasteiger partial charge in [0.25, 0.3) is 0 Å².